The summed E-state index contributed by atoms with van der Waals surface area (Å²) in [4.78, 5) is 51.6. The fourth-order valence-electron chi connectivity index (χ4n) is 3.25. The number of ether oxygens (including phenoxy) is 1. The van der Waals surface area contributed by atoms with E-state index in [4.69, 9.17) is 4.74 Å². The van der Waals surface area contributed by atoms with Gasteiger partial charge in [0.15, 0.2) is 0 Å². The monoisotopic (exact) mass is 350 g/mol. The van der Waals surface area contributed by atoms with Crippen LogP contribution < -0.4 is 11.1 Å². The molecular weight excluding hydrogens is 328 g/mol. The van der Waals surface area contributed by atoms with Crippen molar-refractivity contribution >= 4 is 11.8 Å². The van der Waals surface area contributed by atoms with Crippen LogP contribution in [0.5, 0.6) is 0 Å². The molecule has 3 heterocycles. The zero-order valence-electron chi connectivity index (χ0n) is 14.0. The van der Waals surface area contributed by atoms with E-state index in [9.17, 15) is 19.2 Å². The second-order valence-corrected chi connectivity index (χ2v) is 6.43. The number of likely N-dealkylation sites (tertiary alicyclic amines) is 1. The Morgan fingerprint density at radius 1 is 1.12 bits per heavy atom. The van der Waals surface area contributed by atoms with Gasteiger partial charge in [0.25, 0.3) is 11.1 Å². The topological polar surface area (TPSA) is 116 Å². The molecule has 0 spiro atoms. The third-order valence-electron chi connectivity index (χ3n) is 4.62. The van der Waals surface area contributed by atoms with Gasteiger partial charge in [-0.15, -0.1) is 0 Å². The van der Waals surface area contributed by atoms with Gasteiger partial charge in [0.05, 0.1) is 25.6 Å². The highest BCUT2D eigenvalue weighted by atomic mass is 16.5. The highest BCUT2D eigenvalue weighted by molar-refractivity contribution is 5.82. The van der Waals surface area contributed by atoms with Crippen molar-refractivity contribution in [2.45, 2.75) is 19.3 Å². The Morgan fingerprint density at radius 2 is 1.88 bits per heavy atom. The van der Waals surface area contributed by atoms with Gasteiger partial charge in [0, 0.05) is 37.8 Å². The van der Waals surface area contributed by atoms with E-state index in [1.807, 2.05) is 4.90 Å². The zero-order chi connectivity index (χ0) is 17.8. The van der Waals surface area contributed by atoms with Crippen molar-refractivity contribution in [2.75, 3.05) is 39.4 Å². The Hall–Kier alpha value is -2.42. The highest BCUT2D eigenvalue weighted by Gasteiger charge is 2.31. The second-order valence-electron chi connectivity index (χ2n) is 6.43. The number of H-pyrrole nitrogens is 2. The molecule has 2 saturated heterocycles. The lowest BCUT2D eigenvalue weighted by Crippen LogP contribution is -2.43. The summed E-state index contributed by atoms with van der Waals surface area (Å²) in [5.41, 5.74) is -0.853. The summed E-state index contributed by atoms with van der Waals surface area (Å²) >= 11 is 0. The Bertz CT molecular complexity index is 749. The minimum absolute atomic E-state index is 0.0196. The summed E-state index contributed by atoms with van der Waals surface area (Å²) in [6.07, 6.45) is 1.84. The molecule has 3 rings (SSSR count). The maximum Gasteiger partial charge on any atom is 0.266 e. The van der Waals surface area contributed by atoms with Gasteiger partial charge in [-0.1, -0.05) is 0 Å². The predicted molar refractivity (Wildman–Crippen MR) is 88.1 cm³/mol. The van der Waals surface area contributed by atoms with Gasteiger partial charge in [-0.25, -0.2) is 0 Å². The summed E-state index contributed by atoms with van der Waals surface area (Å²) in [6, 6.07) is 1.12. The van der Waals surface area contributed by atoms with Gasteiger partial charge in [-0.2, -0.15) is 0 Å². The number of amides is 2. The number of aromatic amines is 2. The minimum Gasteiger partial charge on any atom is -0.379 e. The van der Waals surface area contributed by atoms with Gasteiger partial charge in [0.2, 0.25) is 11.8 Å². The van der Waals surface area contributed by atoms with Gasteiger partial charge in [0.1, 0.15) is 0 Å². The van der Waals surface area contributed by atoms with E-state index in [1.165, 1.54) is 0 Å². The molecule has 2 fully saturated rings. The summed E-state index contributed by atoms with van der Waals surface area (Å²) in [7, 11) is 0. The summed E-state index contributed by atoms with van der Waals surface area (Å²) < 4.78 is 5.50. The van der Waals surface area contributed by atoms with Crippen LogP contribution in [0.25, 0.3) is 0 Å². The lowest BCUT2D eigenvalue weighted by molar-refractivity contribution is -0.137. The molecule has 0 aliphatic carbocycles. The molecule has 1 aromatic rings. The number of carbonyl (C=O) groups is 2. The third kappa shape index (κ3) is 4.16. The standard InChI is InChI=1S/C16H22N4O5/c21-13-7-11(15(23)18-17-13)8-14(22)20-5-6-25-10-12(9-20)16(24)19-3-1-2-4-19/h7,12H,1-6,8-10H2,(H,17,21)(H,18,23). The fraction of sp³-hybridized carbons (Fsp3) is 0.625. The Balaban J connectivity index is 1.68. The molecule has 25 heavy (non-hydrogen) atoms. The molecule has 2 aliphatic heterocycles. The molecule has 9 nitrogen and oxygen atoms in total. The quantitative estimate of drug-likeness (QED) is 0.703. The first-order valence-electron chi connectivity index (χ1n) is 8.50. The maximum atomic E-state index is 12.6. The molecule has 0 aromatic carbocycles. The van der Waals surface area contributed by atoms with Crippen LogP contribution in [-0.4, -0.2) is 71.2 Å². The average molecular weight is 350 g/mol. The molecule has 1 unspecified atom stereocenters. The number of nitrogens with one attached hydrogen (secondary N) is 2. The van der Waals surface area contributed by atoms with Crippen LogP contribution in [0.2, 0.25) is 0 Å². The van der Waals surface area contributed by atoms with Crippen LogP contribution in [0.15, 0.2) is 15.7 Å². The Morgan fingerprint density at radius 3 is 2.64 bits per heavy atom. The van der Waals surface area contributed by atoms with Gasteiger partial charge in [-0.3, -0.25) is 29.4 Å². The molecule has 2 N–H and O–H groups in total. The van der Waals surface area contributed by atoms with E-state index in [2.05, 4.69) is 10.2 Å². The number of hydrogen-bond acceptors (Lipinski definition) is 5. The number of hydrogen-bond donors (Lipinski definition) is 2. The van der Waals surface area contributed by atoms with E-state index in [0.717, 1.165) is 32.0 Å². The summed E-state index contributed by atoms with van der Waals surface area (Å²) in [5, 5.41) is 4.37. The number of rotatable bonds is 3. The first-order chi connectivity index (χ1) is 12.0. The smallest absolute Gasteiger partial charge is 0.266 e. The van der Waals surface area contributed by atoms with Crippen molar-refractivity contribution in [1.82, 2.24) is 20.0 Å². The van der Waals surface area contributed by atoms with E-state index < -0.39 is 11.1 Å². The van der Waals surface area contributed by atoms with Crippen molar-refractivity contribution < 1.29 is 14.3 Å². The van der Waals surface area contributed by atoms with Gasteiger partial charge in [-0.05, 0) is 12.8 Å². The van der Waals surface area contributed by atoms with Crippen molar-refractivity contribution in [3.8, 4) is 0 Å². The molecule has 0 radical (unpaired) electrons. The number of aromatic nitrogens is 2. The Kier molecular flexibility index (Phi) is 5.32. The maximum absolute atomic E-state index is 12.6. The number of carbonyl (C=O) groups excluding carboxylic acids is 2. The van der Waals surface area contributed by atoms with Crippen molar-refractivity contribution in [3.63, 3.8) is 0 Å². The van der Waals surface area contributed by atoms with Crippen LogP contribution in [0.1, 0.15) is 18.4 Å². The zero-order valence-corrected chi connectivity index (χ0v) is 14.0. The van der Waals surface area contributed by atoms with Crippen LogP contribution in [-0.2, 0) is 20.7 Å². The lowest BCUT2D eigenvalue weighted by atomic mass is 10.1. The van der Waals surface area contributed by atoms with Crippen LogP contribution in [0.4, 0.5) is 0 Å². The first-order valence-corrected chi connectivity index (χ1v) is 8.50. The van der Waals surface area contributed by atoms with E-state index in [0.29, 0.717) is 19.8 Å². The summed E-state index contributed by atoms with van der Waals surface area (Å²) in [5.74, 6) is -0.658. The minimum atomic E-state index is -0.497. The average Bonchev–Trinajstić information content (AvgIpc) is 3.01. The van der Waals surface area contributed by atoms with Gasteiger partial charge >= 0.3 is 0 Å². The van der Waals surface area contributed by atoms with E-state index in [1.54, 1.807) is 4.90 Å². The molecule has 0 bridgehead atoms. The van der Waals surface area contributed by atoms with E-state index in [-0.39, 0.29) is 36.3 Å². The molecule has 1 atom stereocenters. The molecule has 9 heteroatoms. The van der Waals surface area contributed by atoms with E-state index >= 15 is 0 Å². The van der Waals surface area contributed by atoms with Gasteiger partial charge < -0.3 is 14.5 Å². The van der Waals surface area contributed by atoms with Crippen LogP contribution in [0, 0.1) is 5.92 Å². The Labute approximate surface area is 143 Å². The highest BCUT2D eigenvalue weighted by Crippen LogP contribution is 2.16. The largest absolute Gasteiger partial charge is 0.379 e. The molecular formula is C16H22N4O5. The van der Waals surface area contributed by atoms with Crippen molar-refractivity contribution in [3.05, 3.63) is 32.3 Å². The van der Waals surface area contributed by atoms with Crippen LogP contribution in [0.3, 0.4) is 0 Å². The fourth-order valence-corrected chi connectivity index (χ4v) is 3.25. The molecule has 2 amide bonds. The normalized spacial score (nSPS) is 21.2. The predicted octanol–water partition coefficient (Wildman–Crippen LogP) is -1.30. The van der Waals surface area contributed by atoms with Crippen molar-refractivity contribution in [2.24, 2.45) is 5.92 Å². The van der Waals surface area contributed by atoms with Crippen LogP contribution >= 0.6 is 0 Å². The molecule has 2 aliphatic rings. The van der Waals surface area contributed by atoms with Crippen molar-refractivity contribution in [1.29, 1.82) is 0 Å². The molecule has 136 valence electrons. The number of nitrogens with zero attached hydrogens (tertiary/aromatic N) is 2. The molecule has 1 aromatic heterocycles. The second kappa shape index (κ2) is 7.64. The third-order valence-corrected chi connectivity index (χ3v) is 4.62. The molecule has 0 saturated carbocycles. The SMILES string of the molecule is O=C(Cc1cc(=O)[nH][nH]c1=O)N1CCOCC(C(=O)N2CCCC2)C1. The lowest BCUT2D eigenvalue weighted by Gasteiger charge is -2.26. The summed E-state index contributed by atoms with van der Waals surface area (Å²) in [6.45, 7) is 2.79. The first kappa shape index (κ1) is 17.4.